The Labute approximate surface area is 164 Å². The number of nitrogens with zero attached hydrogens (tertiary/aromatic N) is 1. The predicted octanol–water partition coefficient (Wildman–Crippen LogP) is 2.85. The van der Waals surface area contributed by atoms with Gasteiger partial charge in [0.1, 0.15) is 6.54 Å². The van der Waals surface area contributed by atoms with Gasteiger partial charge in [-0.1, -0.05) is 23.8 Å². The summed E-state index contributed by atoms with van der Waals surface area (Å²) in [5.74, 6) is -1.30. The second kappa shape index (κ2) is 8.88. The first-order valence-corrected chi connectivity index (χ1v) is 10.1. The van der Waals surface area contributed by atoms with Crippen molar-refractivity contribution in [3.05, 3.63) is 59.2 Å². The van der Waals surface area contributed by atoms with Gasteiger partial charge in [-0.2, -0.15) is 0 Å². The first-order valence-electron chi connectivity index (χ1n) is 8.64. The van der Waals surface area contributed by atoms with E-state index in [4.69, 9.17) is 9.47 Å². The van der Waals surface area contributed by atoms with Crippen LogP contribution < -0.4 is 4.31 Å². The first kappa shape index (κ1) is 21.4. The molecule has 0 N–H and O–H groups in total. The Morgan fingerprint density at radius 1 is 1.04 bits per heavy atom. The zero-order chi connectivity index (χ0) is 20.9. The van der Waals surface area contributed by atoms with E-state index in [1.807, 2.05) is 6.92 Å². The van der Waals surface area contributed by atoms with E-state index in [1.54, 1.807) is 32.0 Å². The Morgan fingerprint density at radius 3 is 2.25 bits per heavy atom. The molecule has 2 rings (SSSR count). The van der Waals surface area contributed by atoms with Gasteiger partial charge in [-0.15, -0.1) is 0 Å². The molecule has 2 aromatic carbocycles. The van der Waals surface area contributed by atoms with E-state index in [9.17, 15) is 18.0 Å². The largest absolute Gasteiger partial charge is 0.465 e. The maximum atomic E-state index is 13.3. The normalized spacial score (nSPS) is 11.0. The predicted molar refractivity (Wildman–Crippen MR) is 105 cm³/mol. The van der Waals surface area contributed by atoms with Gasteiger partial charge in [0, 0.05) is 0 Å². The lowest BCUT2D eigenvalue weighted by molar-refractivity contribution is -0.141. The Hall–Kier alpha value is -2.87. The number of rotatable bonds is 7. The van der Waals surface area contributed by atoms with Crippen molar-refractivity contribution in [1.82, 2.24) is 0 Å². The van der Waals surface area contributed by atoms with Crippen LogP contribution in [0.25, 0.3) is 0 Å². The van der Waals surface area contributed by atoms with E-state index >= 15 is 0 Å². The summed E-state index contributed by atoms with van der Waals surface area (Å²) in [7, 11) is -2.84. The second-order valence-electron chi connectivity index (χ2n) is 6.12. The van der Waals surface area contributed by atoms with Crippen LogP contribution >= 0.6 is 0 Å². The number of anilines is 1. The molecule has 8 heteroatoms. The molecular weight excluding hydrogens is 382 g/mol. The van der Waals surface area contributed by atoms with Gasteiger partial charge in [-0.25, -0.2) is 13.2 Å². The van der Waals surface area contributed by atoms with Crippen LogP contribution in [0, 0.1) is 13.8 Å². The standard InChI is InChI=1S/C20H23NO6S/c1-5-27-19(22)13-21(28(24,25)17-10-6-14(2)7-11-17)18-12-16(20(23)26-4)9-8-15(18)3/h6-12H,5,13H2,1-4H3. The molecule has 0 saturated heterocycles. The fourth-order valence-corrected chi connectivity index (χ4v) is 4.05. The quantitative estimate of drug-likeness (QED) is 0.658. The minimum absolute atomic E-state index is 0.0327. The molecule has 0 spiro atoms. The van der Waals surface area contributed by atoms with Gasteiger partial charge in [-0.05, 0) is 50.6 Å². The number of esters is 2. The maximum absolute atomic E-state index is 13.3. The van der Waals surface area contributed by atoms with Gasteiger partial charge in [0.15, 0.2) is 0 Å². The molecule has 150 valence electrons. The van der Waals surface area contributed by atoms with E-state index in [-0.39, 0.29) is 22.8 Å². The number of sulfonamides is 1. The summed E-state index contributed by atoms with van der Waals surface area (Å²) in [5, 5.41) is 0. The highest BCUT2D eigenvalue weighted by atomic mass is 32.2. The molecule has 0 aliphatic rings. The smallest absolute Gasteiger partial charge is 0.337 e. The molecule has 0 aliphatic heterocycles. The molecule has 0 atom stereocenters. The van der Waals surface area contributed by atoms with Crippen molar-refractivity contribution < 1.29 is 27.5 Å². The fourth-order valence-electron chi connectivity index (χ4n) is 2.58. The molecule has 7 nitrogen and oxygen atoms in total. The Balaban J connectivity index is 2.61. The summed E-state index contributed by atoms with van der Waals surface area (Å²) in [6, 6.07) is 10.8. The lowest BCUT2D eigenvalue weighted by Crippen LogP contribution is -2.37. The third-order valence-electron chi connectivity index (χ3n) is 4.09. The second-order valence-corrected chi connectivity index (χ2v) is 7.98. The van der Waals surface area contributed by atoms with Crippen molar-refractivity contribution in [1.29, 1.82) is 0 Å². The number of aryl methyl sites for hydroxylation is 2. The van der Waals surface area contributed by atoms with Gasteiger partial charge in [-0.3, -0.25) is 9.10 Å². The fraction of sp³-hybridized carbons (Fsp3) is 0.300. The van der Waals surface area contributed by atoms with Crippen molar-refractivity contribution >= 4 is 27.6 Å². The van der Waals surface area contributed by atoms with Crippen LogP contribution in [0.2, 0.25) is 0 Å². The van der Waals surface area contributed by atoms with Crippen LogP contribution in [0.3, 0.4) is 0 Å². The van der Waals surface area contributed by atoms with Crippen molar-refractivity contribution in [3.8, 4) is 0 Å². The van der Waals surface area contributed by atoms with Crippen molar-refractivity contribution in [3.63, 3.8) is 0 Å². The molecule has 0 radical (unpaired) electrons. The highest BCUT2D eigenvalue weighted by Crippen LogP contribution is 2.28. The highest BCUT2D eigenvalue weighted by Gasteiger charge is 2.29. The van der Waals surface area contributed by atoms with Gasteiger partial charge in [0.25, 0.3) is 10.0 Å². The summed E-state index contributed by atoms with van der Waals surface area (Å²) >= 11 is 0. The van der Waals surface area contributed by atoms with Crippen LogP contribution in [0.1, 0.15) is 28.4 Å². The summed E-state index contributed by atoms with van der Waals surface area (Å²) in [6.07, 6.45) is 0. The molecule has 0 unspecified atom stereocenters. The lowest BCUT2D eigenvalue weighted by atomic mass is 10.1. The van der Waals surface area contributed by atoms with Crippen LogP contribution in [0.15, 0.2) is 47.4 Å². The Morgan fingerprint density at radius 2 is 1.68 bits per heavy atom. The Kier molecular flexibility index (Phi) is 6.80. The van der Waals surface area contributed by atoms with E-state index in [0.717, 1.165) is 9.87 Å². The molecule has 0 bridgehead atoms. The summed E-state index contributed by atoms with van der Waals surface area (Å²) in [5.41, 5.74) is 1.86. The number of hydrogen-bond acceptors (Lipinski definition) is 6. The van der Waals surface area contributed by atoms with E-state index < -0.39 is 28.5 Å². The van der Waals surface area contributed by atoms with Crippen LogP contribution in [-0.2, 0) is 24.3 Å². The SMILES string of the molecule is CCOC(=O)CN(c1cc(C(=O)OC)ccc1C)S(=O)(=O)c1ccc(C)cc1. The van der Waals surface area contributed by atoms with Gasteiger partial charge < -0.3 is 9.47 Å². The number of carbonyl (C=O) groups excluding carboxylic acids is 2. The number of ether oxygens (including phenoxy) is 2. The minimum atomic E-state index is -4.08. The zero-order valence-electron chi connectivity index (χ0n) is 16.3. The zero-order valence-corrected chi connectivity index (χ0v) is 17.1. The number of hydrogen-bond donors (Lipinski definition) is 0. The van der Waals surface area contributed by atoms with E-state index in [0.29, 0.717) is 5.56 Å². The number of benzene rings is 2. The van der Waals surface area contributed by atoms with Crippen LogP contribution in [0.4, 0.5) is 5.69 Å². The van der Waals surface area contributed by atoms with E-state index in [2.05, 4.69) is 0 Å². The molecule has 2 aromatic rings. The average molecular weight is 405 g/mol. The lowest BCUT2D eigenvalue weighted by Gasteiger charge is -2.25. The third-order valence-corrected chi connectivity index (χ3v) is 5.86. The summed E-state index contributed by atoms with van der Waals surface area (Å²) in [4.78, 5) is 24.1. The van der Waals surface area contributed by atoms with Gasteiger partial charge in [0.2, 0.25) is 0 Å². The van der Waals surface area contributed by atoms with Gasteiger partial charge >= 0.3 is 11.9 Å². The molecule has 0 aromatic heterocycles. The summed E-state index contributed by atoms with van der Waals surface area (Å²) < 4.78 is 37.2. The van der Waals surface area contributed by atoms with Crippen LogP contribution in [-0.4, -0.2) is 40.6 Å². The third kappa shape index (κ3) is 4.69. The van der Waals surface area contributed by atoms with Crippen molar-refractivity contribution in [2.24, 2.45) is 0 Å². The topological polar surface area (TPSA) is 90.0 Å². The molecule has 0 saturated carbocycles. The van der Waals surface area contributed by atoms with Crippen LogP contribution in [0.5, 0.6) is 0 Å². The molecular formula is C20H23NO6S. The molecule has 0 aliphatic carbocycles. The van der Waals surface area contributed by atoms with Crippen molar-refractivity contribution in [2.75, 3.05) is 24.6 Å². The molecule has 0 heterocycles. The average Bonchev–Trinajstić information content (AvgIpc) is 2.66. The first-order chi connectivity index (χ1) is 13.2. The van der Waals surface area contributed by atoms with E-state index in [1.165, 1.54) is 31.4 Å². The number of methoxy groups -OCH3 is 1. The number of carbonyl (C=O) groups is 2. The summed E-state index contributed by atoms with van der Waals surface area (Å²) in [6.45, 7) is 4.78. The molecule has 0 fully saturated rings. The van der Waals surface area contributed by atoms with Gasteiger partial charge in [0.05, 0.1) is 29.9 Å². The molecule has 0 amide bonds. The Bertz CT molecular complexity index is 967. The minimum Gasteiger partial charge on any atom is -0.465 e. The highest BCUT2D eigenvalue weighted by molar-refractivity contribution is 7.92. The monoisotopic (exact) mass is 405 g/mol. The van der Waals surface area contributed by atoms with Crippen molar-refractivity contribution in [2.45, 2.75) is 25.7 Å². The molecule has 28 heavy (non-hydrogen) atoms. The maximum Gasteiger partial charge on any atom is 0.337 e.